The molecule has 0 radical (unpaired) electrons. The van der Waals surface area contributed by atoms with Gasteiger partial charge in [-0.05, 0) is 42.0 Å². The Labute approximate surface area is 123 Å². The van der Waals surface area contributed by atoms with Gasteiger partial charge < -0.3 is 5.73 Å². The first kappa shape index (κ1) is 13.2. The van der Waals surface area contributed by atoms with Crippen molar-refractivity contribution in [1.29, 1.82) is 0 Å². The van der Waals surface area contributed by atoms with Gasteiger partial charge in [-0.2, -0.15) is 0 Å². The molecule has 0 saturated heterocycles. The number of nitrogens with zero attached hydrogens (tertiary/aromatic N) is 1. The van der Waals surface area contributed by atoms with E-state index < -0.39 is 0 Å². The zero-order valence-electron chi connectivity index (χ0n) is 11.3. The topological polar surface area (TPSA) is 38.9 Å². The number of rotatable bonds is 3. The van der Waals surface area contributed by atoms with E-state index in [0.717, 1.165) is 10.6 Å². The molecule has 0 spiro atoms. The van der Waals surface area contributed by atoms with Crippen LogP contribution in [0, 0.1) is 0 Å². The molecule has 2 nitrogen and oxygen atoms in total. The molecule has 0 unspecified atom stereocenters. The van der Waals surface area contributed by atoms with Gasteiger partial charge in [0.15, 0.2) is 0 Å². The van der Waals surface area contributed by atoms with Crippen LogP contribution in [0.1, 0.15) is 18.7 Å². The fourth-order valence-corrected chi connectivity index (χ4v) is 2.92. The highest BCUT2D eigenvalue weighted by molar-refractivity contribution is 7.99. The summed E-state index contributed by atoms with van der Waals surface area (Å²) in [7, 11) is 0. The van der Waals surface area contributed by atoms with Crippen molar-refractivity contribution in [2.45, 2.75) is 22.8 Å². The van der Waals surface area contributed by atoms with E-state index in [2.05, 4.69) is 53.5 Å². The molecule has 0 amide bonds. The van der Waals surface area contributed by atoms with Crippen LogP contribution in [-0.2, 0) is 0 Å². The molecule has 3 rings (SSSR count). The number of nitrogens with two attached hydrogens (primary N) is 1. The number of fused-ring (bicyclic) bond motifs is 1. The Hall–Kier alpha value is -1.84. The Kier molecular flexibility index (Phi) is 3.72. The second-order valence-electron chi connectivity index (χ2n) is 4.82. The Morgan fingerprint density at radius 1 is 0.950 bits per heavy atom. The first-order chi connectivity index (χ1) is 9.72. The lowest BCUT2D eigenvalue weighted by molar-refractivity contribution is 0.777. The first-order valence-electron chi connectivity index (χ1n) is 6.60. The molecule has 0 aliphatic heterocycles. The standard InChI is InChI=1S/C17H16N2S/c1-12(18)17-9-8-16(11-19-17)20-15-7-6-13-4-2-3-5-14(13)10-15/h2-12H,18H2,1H3/t12-/m1/s1. The Bertz CT molecular complexity index is 720. The van der Waals surface area contributed by atoms with E-state index in [1.54, 1.807) is 11.8 Å². The van der Waals surface area contributed by atoms with Crippen LogP contribution in [0.4, 0.5) is 0 Å². The molecule has 0 aliphatic carbocycles. The molecule has 0 aliphatic rings. The molecule has 0 saturated carbocycles. The quantitative estimate of drug-likeness (QED) is 0.772. The summed E-state index contributed by atoms with van der Waals surface area (Å²) in [5.74, 6) is 0. The summed E-state index contributed by atoms with van der Waals surface area (Å²) >= 11 is 1.72. The molecule has 1 heterocycles. The first-order valence-corrected chi connectivity index (χ1v) is 7.42. The molecule has 3 heteroatoms. The van der Waals surface area contributed by atoms with Crippen molar-refractivity contribution in [2.75, 3.05) is 0 Å². The fraction of sp³-hybridized carbons (Fsp3) is 0.118. The van der Waals surface area contributed by atoms with Gasteiger partial charge in [0.25, 0.3) is 0 Å². The third-order valence-electron chi connectivity index (χ3n) is 3.18. The minimum Gasteiger partial charge on any atom is -0.323 e. The summed E-state index contributed by atoms with van der Waals surface area (Å²) in [6.07, 6.45) is 1.89. The average molecular weight is 280 g/mol. The van der Waals surface area contributed by atoms with Gasteiger partial charge in [0, 0.05) is 22.0 Å². The highest BCUT2D eigenvalue weighted by atomic mass is 32.2. The average Bonchev–Trinajstić information content (AvgIpc) is 2.48. The Morgan fingerprint density at radius 2 is 1.70 bits per heavy atom. The molecule has 0 bridgehead atoms. The van der Waals surface area contributed by atoms with Crippen LogP contribution in [0.3, 0.4) is 0 Å². The summed E-state index contributed by atoms with van der Waals surface area (Å²) < 4.78 is 0. The maximum atomic E-state index is 5.81. The molecule has 2 N–H and O–H groups in total. The number of pyridine rings is 1. The van der Waals surface area contributed by atoms with Gasteiger partial charge >= 0.3 is 0 Å². The molecule has 3 aromatic rings. The van der Waals surface area contributed by atoms with Crippen molar-refractivity contribution >= 4 is 22.5 Å². The lowest BCUT2D eigenvalue weighted by atomic mass is 10.1. The number of aromatic nitrogens is 1. The molecule has 100 valence electrons. The number of hydrogen-bond acceptors (Lipinski definition) is 3. The summed E-state index contributed by atoms with van der Waals surface area (Å²) in [5.41, 5.74) is 6.73. The van der Waals surface area contributed by atoms with Crippen molar-refractivity contribution in [1.82, 2.24) is 4.98 Å². The second kappa shape index (κ2) is 5.65. The zero-order chi connectivity index (χ0) is 13.9. The van der Waals surface area contributed by atoms with E-state index in [1.165, 1.54) is 15.7 Å². The highest BCUT2D eigenvalue weighted by Crippen LogP contribution is 2.30. The van der Waals surface area contributed by atoms with Gasteiger partial charge in [-0.1, -0.05) is 42.1 Å². The van der Waals surface area contributed by atoms with Crippen LogP contribution in [0.15, 0.2) is 70.6 Å². The summed E-state index contributed by atoms with van der Waals surface area (Å²) in [6, 6.07) is 18.9. The van der Waals surface area contributed by atoms with Crippen LogP contribution < -0.4 is 5.73 Å². The van der Waals surface area contributed by atoms with Crippen molar-refractivity contribution in [2.24, 2.45) is 5.73 Å². The Morgan fingerprint density at radius 3 is 2.40 bits per heavy atom. The molecular weight excluding hydrogens is 264 g/mol. The monoisotopic (exact) mass is 280 g/mol. The van der Waals surface area contributed by atoms with Crippen molar-refractivity contribution in [3.05, 3.63) is 66.5 Å². The SMILES string of the molecule is C[C@@H](N)c1ccc(Sc2ccc3ccccc3c2)cn1. The minimum atomic E-state index is -0.0188. The van der Waals surface area contributed by atoms with Crippen molar-refractivity contribution in [3.8, 4) is 0 Å². The lowest BCUT2D eigenvalue weighted by Crippen LogP contribution is -2.06. The van der Waals surface area contributed by atoms with Crippen LogP contribution in [0.2, 0.25) is 0 Å². The van der Waals surface area contributed by atoms with Crippen LogP contribution in [0.25, 0.3) is 10.8 Å². The van der Waals surface area contributed by atoms with E-state index in [0.29, 0.717) is 0 Å². The lowest BCUT2D eigenvalue weighted by Gasteiger charge is -2.06. The van der Waals surface area contributed by atoms with E-state index in [1.807, 2.05) is 19.2 Å². The third kappa shape index (κ3) is 2.84. The predicted octanol–water partition coefficient (Wildman–Crippen LogP) is 4.41. The minimum absolute atomic E-state index is 0.0188. The largest absolute Gasteiger partial charge is 0.323 e. The third-order valence-corrected chi connectivity index (χ3v) is 4.15. The van der Waals surface area contributed by atoms with Gasteiger partial charge in [0.2, 0.25) is 0 Å². The normalized spacial score (nSPS) is 12.5. The van der Waals surface area contributed by atoms with Gasteiger partial charge in [-0.15, -0.1) is 0 Å². The fourth-order valence-electron chi connectivity index (χ4n) is 2.09. The summed E-state index contributed by atoms with van der Waals surface area (Å²) in [6.45, 7) is 1.94. The highest BCUT2D eigenvalue weighted by Gasteiger charge is 2.03. The van der Waals surface area contributed by atoms with E-state index in [-0.39, 0.29) is 6.04 Å². The molecule has 2 aromatic carbocycles. The molecule has 0 fully saturated rings. The molecule has 20 heavy (non-hydrogen) atoms. The van der Waals surface area contributed by atoms with E-state index >= 15 is 0 Å². The van der Waals surface area contributed by atoms with Crippen LogP contribution in [-0.4, -0.2) is 4.98 Å². The molecular formula is C17H16N2S. The number of benzene rings is 2. The maximum absolute atomic E-state index is 5.81. The van der Waals surface area contributed by atoms with E-state index in [4.69, 9.17) is 5.73 Å². The van der Waals surface area contributed by atoms with Gasteiger partial charge in [-0.25, -0.2) is 0 Å². The van der Waals surface area contributed by atoms with Crippen molar-refractivity contribution < 1.29 is 0 Å². The molecule has 1 aromatic heterocycles. The summed E-state index contributed by atoms with van der Waals surface area (Å²) in [5, 5.41) is 2.53. The smallest absolute Gasteiger partial charge is 0.0569 e. The second-order valence-corrected chi connectivity index (χ2v) is 5.97. The van der Waals surface area contributed by atoms with Crippen molar-refractivity contribution in [3.63, 3.8) is 0 Å². The zero-order valence-corrected chi connectivity index (χ0v) is 12.1. The maximum Gasteiger partial charge on any atom is 0.0569 e. The molecule has 1 atom stereocenters. The number of hydrogen-bond donors (Lipinski definition) is 1. The predicted molar refractivity (Wildman–Crippen MR) is 84.9 cm³/mol. The van der Waals surface area contributed by atoms with Gasteiger partial charge in [0.1, 0.15) is 0 Å². The van der Waals surface area contributed by atoms with Gasteiger partial charge in [-0.3, -0.25) is 4.98 Å². The van der Waals surface area contributed by atoms with Crippen LogP contribution >= 0.6 is 11.8 Å². The Balaban J connectivity index is 1.85. The summed E-state index contributed by atoms with van der Waals surface area (Å²) in [4.78, 5) is 6.74. The van der Waals surface area contributed by atoms with E-state index in [9.17, 15) is 0 Å². The van der Waals surface area contributed by atoms with Gasteiger partial charge in [0.05, 0.1) is 5.69 Å². The van der Waals surface area contributed by atoms with Crippen LogP contribution in [0.5, 0.6) is 0 Å².